The average molecular weight is 477 g/mol. The number of amides is 2. The lowest BCUT2D eigenvalue weighted by Crippen LogP contribution is -2.30. The van der Waals surface area contributed by atoms with Crippen molar-refractivity contribution in [1.82, 2.24) is 4.90 Å². The summed E-state index contributed by atoms with van der Waals surface area (Å²) in [6, 6.07) is 9.64. The number of benzene rings is 2. The van der Waals surface area contributed by atoms with Crippen LogP contribution in [0.25, 0.3) is 0 Å². The fraction of sp³-hybridized carbons (Fsp3) is 0.391. The van der Waals surface area contributed by atoms with E-state index in [2.05, 4.69) is 4.72 Å². The lowest BCUT2D eigenvalue weighted by molar-refractivity contribution is -0.140. The molecule has 2 atom stereocenters. The Kier molecular flexibility index (Phi) is 6.18. The summed E-state index contributed by atoms with van der Waals surface area (Å²) in [7, 11) is -2.66. The third-order valence-corrected chi connectivity index (χ3v) is 7.86. The Bertz CT molecular complexity index is 1160. The molecule has 2 aliphatic rings. The summed E-state index contributed by atoms with van der Waals surface area (Å²) in [4.78, 5) is 26.8. The van der Waals surface area contributed by atoms with Gasteiger partial charge in [0.2, 0.25) is 11.8 Å². The zero-order valence-electron chi connectivity index (χ0n) is 17.9. The number of fused-ring (bicyclic) bond motifs is 1. The van der Waals surface area contributed by atoms with E-state index in [1.807, 2.05) is 6.92 Å². The standard InChI is InChI=1S/C23H25ClN2O5S/c1-14-7-9-19(18(24)11-14)25-32(29,30)21-12-15(8-10-20(21)31-2)13-26-22(27)16-5-3-4-6-17(16)23(26)28/h7-12,16-17,25H,3-6,13H2,1-2H3/t16-,17+. The number of hydrogen-bond donors (Lipinski definition) is 1. The molecule has 2 aromatic carbocycles. The molecule has 1 saturated carbocycles. The Labute approximate surface area is 192 Å². The number of halogens is 1. The van der Waals surface area contributed by atoms with Gasteiger partial charge in [-0.3, -0.25) is 19.2 Å². The van der Waals surface area contributed by atoms with Gasteiger partial charge in [-0.15, -0.1) is 0 Å². The highest BCUT2D eigenvalue weighted by Gasteiger charge is 2.47. The van der Waals surface area contributed by atoms with Gasteiger partial charge in [-0.1, -0.05) is 36.6 Å². The highest BCUT2D eigenvalue weighted by molar-refractivity contribution is 7.92. The summed E-state index contributed by atoms with van der Waals surface area (Å²) in [6.45, 7) is 1.89. The van der Waals surface area contributed by atoms with Crippen molar-refractivity contribution < 1.29 is 22.7 Å². The van der Waals surface area contributed by atoms with E-state index in [1.165, 1.54) is 24.1 Å². The molecule has 170 valence electrons. The van der Waals surface area contributed by atoms with E-state index in [0.717, 1.165) is 31.2 Å². The number of sulfonamides is 1. The zero-order valence-corrected chi connectivity index (χ0v) is 19.5. The Morgan fingerprint density at radius 3 is 2.31 bits per heavy atom. The van der Waals surface area contributed by atoms with Crippen molar-refractivity contribution in [3.63, 3.8) is 0 Å². The first-order valence-corrected chi connectivity index (χ1v) is 12.4. The topological polar surface area (TPSA) is 92.8 Å². The van der Waals surface area contributed by atoms with E-state index in [9.17, 15) is 18.0 Å². The maximum Gasteiger partial charge on any atom is 0.265 e. The van der Waals surface area contributed by atoms with Gasteiger partial charge < -0.3 is 4.74 Å². The molecule has 1 heterocycles. The number of imide groups is 1. The van der Waals surface area contributed by atoms with E-state index in [-0.39, 0.29) is 51.5 Å². The van der Waals surface area contributed by atoms with Crippen LogP contribution in [0.4, 0.5) is 5.69 Å². The predicted octanol–water partition coefficient (Wildman–Crippen LogP) is 4.13. The van der Waals surface area contributed by atoms with Gasteiger partial charge >= 0.3 is 0 Å². The van der Waals surface area contributed by atoms with E-state index in [1.54, 1.807) is 24.3 Å². The molecule has 2 fully saturated rings. The van der Waals surface area contributed by atoms with Crippen LogP contribution in [0.5, 0.6) is 5.75 Å². The van der Waals surface area contributed by atoms with Gasteiger partial charge in [-0.2, -0.15) is 0 Å². The van der Waals surface area contributed by atoms with Crippen molar-refractivity contribution in [3.8, 4) is 5.75 Å². The number of nitrogens with zero attached hydrogens (tertiary/aromatic N) is 1. The number of rotatable bonds is 6. The number of anilines is 1. The first kappa shape index (κ1) is 22.6. The number of carbonyl (C=O) groups is 2. The molecule has 32 heavy (non-hydrogen) atoms. The summed E-state index contributed by atoms with van der Waals surface area (Å²) in [5.74, 6) is -0.669. The SMILES string of the molecule is COc1ccc(CN2C(=O)[C@H]3CCCC[C@H]3C2=O)cc1S(=O)(=O)Nc1ccc(C)cc1Cl. The highest BCUT2D eigenvalue weighted by Crippen LogP contribution is 2.39. The molecule has 1 saturated heterocycles. The van der Waals surface area contributed by atoms with Crippen LogP contribution >= 0.6 is 11.6 Å². The molecule has 4 rings (SSSR count). The van der Waals surface area contributed by atoms with Crippen molar-refractivity contribution >= 4 is 39.1 Å². The fourth-order valence-electron chi connectivity index (χ4n) is 4.50. The molecule has 2 aromatic rings. The third kappa shape index (κ3) is 4.21. The molecule has 1 N–H and O–H groups in total. The van der Waals surface area contributed by atoms with E-state index in [0.29, 0.717) is 5.56 Å². The summed E-state index contributed by atoms with van der Waals surface area (Å²) in [5.41, 5.74) is 1.68. The Balaban J connectivity index is 1.63. The summed E-state index contributed by atoms with van der Waals surface area (Å²) >= 11 is 6.19. The zero-order chi connectivity index (χ0) is 23.0. The number of carbonyl (C=O) groups excluding carboxylic acids is 2. The van der Waals surface area contributed by atoms with Gasteiger partial charge in [0.25, 0.3) is 10.0 Å². The summed E-state index contributed by atoms with van der Waals surface area (Å²) in [5, 5.41) is 0.277. The molecule has 0 aromatic heterocycles. The number of likely N-dealkylation sites (tertiary alicyclic amines) is 1. The highest BCUT2D eigenvalue weighted by atomic mass is 35.5. The molecule has 7 nitrogen and oxygen atoms in total. The van der Waals surface area contributed by atoms with E-state index in [4.69, 9.17) is 16.3 Å². The molecular formula is C23H25ClN2O5S. The van der Waals surface area contributed by atoms with Crippen LogP contribution < -0.4 is 9.46 Å². The van der Waals surface area contributed by atoms with Crippen LogP contribution in [0, 0.1) is 18.8 Å². The number of methoxy groups -OCH3 is 1. The number of aryl methyl sites for hydroxylation is 1. The van der Waals surface area contributed by atoms with Gasteiger partial charge in [-0.05, 0) is 55.2 Å². The first-order chi connectivity index (χ1) is 15.2. The lowest BCUT2D eigenvalue weighted by Gasteiger charge is -2.19. The van der Waals surface area contributed by atoms with Gasteiger partial charge in [0.05, 0.1) is 36.2 Å². The second-order valence-corrected chi connectivity index (χ2v) is 10.4. The summed E-state index contributed by atoms with van der Waals surface area (Å²) in [6.07, 6.45) is 3.36. The molecule has 0 radical (unpaired) electrons. The Hall–Kier alpha value is -2.58. The first-order valence-electron chi connectivity index (χ1n) is 10.5. The largest absolute Gasteiger partial charge is 0.495 e. The van der Waals surface area contributed by atoms with Crippen LogP contribution in [0.3, 0.4) is 0 Å². The lowest BCUT2D eigenvalue weighted by atomic mass is 9.81. The van der Waals surface area contributed by atoms with Crippen molar-refractivity contribution in [1.29, 1.82) is 0 Å². The molecule has 9 heteroatoms. The summed E-state index contributed by atoms with van der Waals surface area (Å²) < 4.78 is 34.0. The monoisotopic (exact) mass is 476 g/mol. The molecule has 2 amide bonds. The molecule has 1 aliphatic heterocycles. The van der Waals surface area contributed by atoms with Crippen molar-refractivity contribution in [2.75, 3.05) is 11.8 Å². The average Bonchev–Trinajstić information content (AvgIpc) is 3.01. The Morgan fingerprint density at radius 2 is 1.72 bits per heavy atom. The predicted molar refractivity (Wildman–Crippen MR) is 121 cm³/mol. The smallest absolute Gasteiger partial charge is 0.265 e. The molecule has 1 aliphatic carbocycles. The van der Waals surface area contributed by atoms with Crippen LogP contribution in [0.1, 0.15) is 36.8 Å². The van der Waals surface area contributed by atoms with Crippen LogP contribution in [-0.2, 0) is 26.2 Å². The maximum atomic E-state index is 13.1. The fourth-order valence-corrected chi connectivity index (χ4v) is 6.14. The number of nitrogens with one attached hydrogen (secondary N) is 1. The number of ether oxygens (including phenoxy) is 1. The Morgan fingerprint density at radius 1 is 1.06 bits per heavy atom. The van der Waals surface area contributed by atoms with Crippen LogP contribution in [-0.4, -0.2) is 32.2 Å². The quantitative estimate of drug-likeness (QED) is 0.632. The number of hydrogen-bond acceptors (Lipinski definition) is 5. The van der Waals surface area contributed by atoms with Crippen molar-refractivity contribution in [2.24, 2.45) is 11.8 Å². The van der Waals surface area contributed by atoms with Crippen molar-refractivity contribution in [3.05, 3.63) is 52.5 Å². The van der Waals surface area contributed by atoms with Gasteiger partial charge in [0, 0.05) is 0 Å². The molecular weight excluding hydrogens is 452 g/mol. The van der Waals surface area contributed by atoms with E-state index < -0.39 is 10.0 Å². The van der Waals surface area contributed by atoms with Gasteiger partial charge in [0.15, 0.2) is 0 Å². The van der Waals surface area contributed by atoms with Crippen LogP contribution in [0.15, 0.2) is 41.3 Å². The normalized spacial score (nSPS) is 20.9. The molecule has 0 unspecified atom stereocenters. The van der Waals surface area contributed by atoms with Crippen LogP contribution in [0.2, 0.25) is 5.02 Å². The van der Waals surface area contributed by atoms with Gasteiger partial charge in [0.1, 0.15) is 10.6 Å². The van der Waals surface area contributed by atoms with E-state index >= 15 is 0 Å². The van der Waals surface area contributed by atoms with Gasteiger partial charge in [-0.25, -0.2) is 8.42 Å². The molecule has 0 spiro atoms. The third-order valence-electron chi connectivity index (χ3n) is 6.16. The second-order valence-electron chi connectivity index (χ2n) is 8.33. The maximum absolute atomic E-state index is 13.1. The minimum absolute atomic E-state index is 0.0302. The minimum Gasteiger partial charge on any atom is -0.495 e. The minimum atomic E-state index is -4.04. The second kappa shape index (κ2) is 8.75. The van der Waals surface area contributed by atoms with Crippen molar-refractivity contribution in [2.45, 2.75) is 44.0 Å². The molecule has 0 bridgehead atoms.